The average Bonchev–Trinajstić information content (AvgIpc) is 2.73. The van der Waals surface area contributed by atoms with E-state index in [4.69, 9.17) is 9.47 Å². The Bertz CT molecular complexity index is 1040. The highest BCUT2D eigenvalue weighted by Crippen LogP contribution is 2.26. The van der Waals surface area contributed by atoms with Crippen LogP contribution in [0, 0.1) is 23.7 Å². The fourth-order valence-electron chi connectivity index (χ4n) is 2.36. The molecule has 5 nitrogen and oxygen atoms in total. The van der Waals surface area contributed by atoms with Gasteiger partial charge >= 0.3 is 0 Å². The molecule has 0 saturated heterocycles. The van der Waals surface area contributed by atoms with Crippen LogP contribution in [0.5, 0.6) is 23.0 Å². The summed E-state index contributed by atoms with van der Waals surface area (Å²) in [6.07, 6.45) is 0. The molecule has 3 aromatic rings. The van der Waals surface area contributed by atoms with Gasteiger partial charge in [-0.25, -0.2) is 4.98 Å². The standard InChI is InChI=1S/C23H17NO4/c1-27-22-14-16(8-12-20(22)25)6-10-18-4-3-5-19(24-18)11-7-17-9-13-21(26)23(15-17)28-2/h3-5,8-9,12-15,25-26H,1-2H3. The maximum Gasteiger partial charge on any atom is 0.161 e. The lowest BCUT2D eigenvalue weighted by Crippen LogP contribution is -1.88. The lowest BCUT2D eigenvalue weighted by atomic mass is 10.2. The smallest absolute Gasteiger partial charge is 0.161 e. The SMILES string of the molecule is COc1cc(C#Cc2cccc(C#Cc3ccc(O)c(OC)c3)n2)ccc1O. The molecule has 1 heterocycles. The van der Waals surface area contributed by atoms with Gasteiger partial charge in [-0.15, -0.1) is 0 Å². The fraction of sp³-hybridized carbons (Fsp3) is 0.0870. The van der Waals surface area contributed by atoms with Gasteiger partial charge in [0.1, 0.15) is 11.4 Å². The van der Waals surface area contributed by atoms with Crippen molar-refractivity contribution in [3.63, 3.8) is 0 Å². The van der Waals surface area contributed by atoms with Crippen molar-refractivity contribution in [2.24, 2.45) is 0 Å². The van der Waals surface area contributed by atoms with E-state index in [-0.39, 0.29) is 11.5 Å². The first-order chi connectivity index (χ1) is 13.6. The molecule has 138 valence electrons. The summed E-state index contributed by atoms with van der Waals surface area (Å²) in [6, 6.07) is 15.2. The molecule has 1 aromatic heterocycles. The normalized spacial score (nSPS) is 9.50. The molecule has 0 unspecified atom stereocenters. The third-order valence-corrected chi connectivity index (χ3v) is 3.78. The maximum absolute atomic E-state index is 9.64. The van der Waals surface area contributed by atoms with Gasteiger partial charge in [-0.2, -0.15) is 0 Å². The molecule has 5 heteroatoms. The molecule has 2 aromatic carbocycles. The molecule has 0 aliphatic carbocycles. The van der Waals surface area contributed by atoms with Crippen molar-refractivity contribution >= 4 is 0 Å². The van der Waals surface area contributed by atoms with Crippen LogP contribution in [-0.4, -0.2) is 29.4 Å². The van der Waals surface area contributed by atoms with Crippen LogP contribution < -0.4 is 9.47 Å². The van der Waals surface area contributed by atoms with Crippen molar-refractivity contribution in [3.8, 4) is 46.7 Å². The van der Waals surface area contributed by atoms with Crippen LogP contribution in [0.2, 0.25) is 0 Å². The van der Waals surface area contributed by atoms with E-state index >= 15 is 0 Å². The number of hydrogen-bond donors (Lipinski definition) is 2. The van der Waals surface area contributed by atoms with E-state index in [2.05, 4.69) is 28.7 Å². The quantitative estimate of drug-likeness (QED) is 0.677. The van der Waals surface area contributed by atoms with E-state index in [9.17, 15) is 10.2 Å². The van der Waals surface area contributed by atoms with Crippen LogP contribution in [-0.2, 0) is 0 Å². The fourth-order valence-corrected chi connectivity index (χ4v) is 2.36. The Labute approximate surface area is 163 Å². The number of aromatic nitrogens is 1. The van der Waals surface area contributed by atoms with Crippen molar-refractivity contribution in [3.05, 3.63) is 77.1 Å². The second kappa shape index (κ2) is 8.53. The zero-order chi connectivity index (χ0) is 19.9. The first-order valence-corrected chi connectivity index (χ1v) is 8.34. The highest BCUT2D eigenvalue weighted by atomic mass is 16.5. The van der Waals surface area contributed by atoms with Gasteiger partial charge in [0.15, 0.2) is 23.0 Å². The lowest BCUT2D eigenvalue weighted by Gasteiger charge is -2.02. The Kier molecular flexibility index (Phi) is 5.69. The summed E-state index contributed by atoms with van der Waals surface area (Å²) < 4.78 is 10.2. The zero-order valence-electron chi connectivity index (χ0n) is 15.4. The summed E-state index contributed by atoms with van der Waals surface area (Å²) in [5.74, 6) is 12.8. The van der Waals surface area contributed by atoms with E-state index in [1.54, 1.807) is 36.4 Å². The maximum atomic E-state index is 9.64. The van der Waals surface area contributed by atoms with E-state index < -0.39 is 0 Å². The number of ether oxygens (including phenoxy) is 2. The Hall–Kier alpha value is -4.09. The van der Waals surface area contributed by atoms with Gasteiger partial charge in [-0.3, -0.25) is 0 Å². The molecular weight excluding hydrogens is 354 g/mol. The predicted molar refractivity (Wildman–Crippen MR) is 106 cm³/mol. The van der Waals surface area contributed by atoms with Crippen LogP contribution in [0.25, 0.3) is 0 Å². The highest BCUT2D eigenvalue weighted by molar-refractivity contribution is 5.51. The Balaban J connectivity index is 1.83. The van der Waals surface area contributed by atoms with Crippen LogP contribution >= 0.6 is 0 Å². The molecule has 0 fully saturated rings. The summed E-state index contributed by atoms with van der Waals surface area (Å²) in [6.45, 7) is 0. The second-order valence-electron chi connectivity index (χ2n) is 5.68. The zero-order valence-corrected chi connectivity index (χ0v) is 15.4. The van der Waals surface area contributed by atoms with Gasteiger partial charge in [-0.05, 0) is 60.4 Å². The predicted octanol–water partition coefficient (Wildman–Crippen LogP) is 3.31. The summed E-state index contributed by atoms with van der Waals surface area (Å²) >= 11 is 0. The minimum atomic E-state index is 0.0642. The first kappa shape index (κ1) is 18.7. The van der Waals surface area contributed by atoms with Gasteiger partial charge < -0.3 is 19.7 Å². The Morgan fingerprint density at radius 3 is 1.57 bits per heavy atom. The van der Waals surface area contributed by atoms with E-state index in [1.165, 1.54) is 26.4 Å². The summed E-state index contributed by atoms with van der Waals surface area (Å²) in [4.78, 5) is 4.41. The van der Waals surface area contributed by atoms with Crippen molar-refractivity contribution in [1.82, 2.24) is 4.98 Å². The van der Waals surface area contributed by atoms with Crippen molar-refractivity contribution in [2.45, 2.75) is 0 Å². The van der Waals surface area contributed by atoms with Gasteiger partial charge in [0, 0.05) is 11.1 Å². The monoisotopic (exact) mass is 371 g/mol. The van der Waals surface area contributed by atoms with Gasteiger partial charge in [0.05, 0.1) is 14.2 Å². The molecule has 28 heavy (non-hydrogen) atoms. The minimum absolute atomic E-state index is 0.0642. The second-order valence-corrected chi connectivity index (χ2v) is 5.68. The van der Waals surface area contributed by atoms with E-state index in [1.807, 2.05) is 6.07 Å². The third kappa shape index (κ3) is 4.55. The molecule has 0 aliphatic heterocycles. The summed E-state index contributed by atoms with van der Waals surface area (Å²) in [5, 5.41) is 19.3. The molecule has 0 aliphatic rings. The first-order valence-electron chi connectivity index (χ1n) is 8.34. The number of benzene rings is 2. The number of hydrogen-bond acceptors (Lipinski definition) is 5. The third-order valence-electron chi connectivity index (χ3n) is 3.78. The molecule has 3 rings (SSSR count). The largest absolute Gasteiger partial charge is 0.504 e. The average molecular weight is 371 g/mol. The number of pyridine rings is 1. The van der Waals surface area contributed by atoms with Crippen LogP contribution in [0.1, 0.15) is 22.5 Å². The molecule has 0 atom stereocenters. The molecule has 0 radical (unpaired) electrons. The number of rotatable bonds is 2. The molecule has 0 bridgehead atoms. The van der Waals surface area contributed by atoms with Crippen molar-refractivity contribution in [1.29, 1.82) is 0 Å². The van der Waals surface area contributed by atoms with E-state index in [0.717, 1.165) is 0 Å². The molecule has 0 saturated carbocycles. The lowest BCUT2D eigenvalue weighted by molar-refractivity contribution is 0.373. The van der Waals surface area contributed by atoms with Gasteiger partial charge in [0.2, 0.25) is 0 Å². The van der Waals surface area contributed by atoms with Gasteiger partial charge in [0.25, 0.3) is 0 Å². The number of nitrogens with zero attached hydrogens (tertiary/aromatic N) is 1. The molecule has 0 amide bonds. The number of phenols is 2. The Morgan fingerprint density at radius 2 is 1.14 bits per heavy atom. The number of aromatic hydroxyl groups is 2. The number of phenolic OH excluding ortho intramolecular Hbond substituents is 2. The summed E-state index contributed by atoms with van der Waals surface area (Å²) in [7, 11) is 2.97. The van der Waals surface area contributed by atoms with Crippen molar-refractivity contribution in [2.75, 3.05) is 14.2 Å². The number of methoxy groups -OCH3 is 2. The van der Waals surface area contributed by atoms with Crippen LogP contribution in [0.15, 0.2) is 54.6 Å². The molecule has 2 N–H and O–H groups in total. The molecule has 0 spiro atoms. The van der Waals surface area contributed by atoms with E-state index in [0.29, 0.717) is 34.0 Å². The minimum Gasteiger partial charge on any atom is -0.504 e. The highest BCUT2D eigenvalue weighted by Gasteiger charge is 2.02. The molecular formula is C23H17NO4. The van der Waals surface area contributed by atoms with Gasteiger partial charge in [-0.1, -0.05) is 17.9 Å². The Morgan fingerprint density at radius 1 is 0.679 bits per heavy atom. The van der Waals surface area contributed by atoms with Crippen LogP contribution in [0.4, 0.5) is 0 Å². The topological polar surface area (TPSA) is 71.8 Å². The van der Waals surface area contributed by atoms with Crippen LogP contribution in [0.3, 0.4) is 0 Å². The van der Waals surface area contributed by atoms with Crippen molar-refractivity contribution < 1.29 is 19.7 Å². The summed E-state index contributed by atoms with van der Waals surface area (Å²) in [5.41, 5.74) is 2.54.